The van der Waals surface area contributed by atoms with Crippen molar-refractivity contribution in [1.82, 2.24) is 4.98 Å². The maximum atomic E-state index is 5.91. The Labute approximate surface area is 115 Å². The van der Waals surface area contributed by atoms with E-state index in [2.05, 4.69) is 37.9 Å². The van der Waals surface area contributed by atoms with Crippen LogP contribution in [0.3, 0.4) is 0 Å². The molecule has 3 N–H and O–H groups in total. The Balaban J connectivity index is 0.00000162. The second-order valence-electron chi connectivity index (χ2n) is 4.69. The van der Waals surface area contributed by atoms with Crippen molar-refractivity contribution in [2.24, 2.45) is 0 Å². The molecular formula is C15H23ClN2. The fraction of sp³-hybridized carbons (Fsp3) is 0.467. The van der Waals surface area contributed by atoms with Crippen molar-refractivity contribution in [2.75, 3.05) is 5.73 Å². The van der Waals surface area contributed by atoms with Crippen LogP contribution >= 0.6 is 12.4 Å². The highest BCUT2D eigenvalue weighted by Gasteiger charge is 2.17. The van der Waals surface area contributed by atoms with E-state index in [0.29, 0.717) is 5.92 Å². The molecule has 3 heteroatoms. The number of nitrogens with one attached hydrogen (secondary N) is 1. The van der Waals surface area contributed by atoms with E-state index < -0.39 is 0 Å². The van der Waals surface area contributed by atoms with Gasteiger partial charge in [-0.3, -0.25) is 0 Å². The van der Waals surface area contributed by atoms with E-state index in [1.54, 1.807) is 0 Å². The van der Waals surface area contributed by atoms with Crippen molar-refractivity contribution in [1.29, 1.82) is 0 Å². The summed E-state index contributed by atoms with van der Waals surface area (Å²) in [7, 11) is 0. The molecule has 0 bridgehead atoms. The third kappa shape index (κ3) is 2.49. The molecule has 100 valence electrons. The first kappa shape index (κ1) is 14.9. The summed E-state index contributed by atoms with van der Waals surface area (Å²) in [6.07, 6.45) is 3.43. The normalized spacial score (nSPS) is 10.9. The lowest BCUT2D eigenvalue weighted by Crippen LogP contribution is -1.98. The van der Waals surface area contributed by atoms with Crippen LogP contribution in [0.1, 0.15) is 50.8 Å². The largest absolute Gasteiger partial charge is 0.399 e. The lowest BCUT2D eigenvalue weighted by molar-refractivity contribution is 0.639. The molecule has 0 saturated carbocycles. The maximum Gasteiger partial charge on any atom is 0.0460 e. The molecule has 0 atom stereocenters. The molecule has 2 rings (SSSR count). The molecule has 2 nitrogen and oxygen atoms in total. The van der Waals surface area contributed by atoms with Crippen LogP contribution in [0.5, 0.6) is 0 Å². The van der Waals surface area contributed by atoms with Crippen LogP contribution in [-0.4, -0.2) is 4.98 Å². The van der Waals surface area contributed by atoms with Gasteiger partial charge in [-0.05, 0) is 48.9 Å². The summed E-state index contributed by atoms with van der Waals surface area (Å²) in [5, 5.41) is 1.32. The summed E-state index contributed by atoms with van der Waals surface area (Å²) in [6.45, 7) is 6.73. The molecule has 2 aromatic rings. The number of fused-ring (bicyclic) bond motifs is 1. The Kier molecular flexibility index (Phi) is 5.09. The van der Waals surface area contributed by atoms with Crippen molar-refractivity contribution in [2.45, 2.75) is 46.0 Å². The highest BCUT2D eigenvalue weighted by molar-refractivity contribution is 5.88. The first-order chi connectivity index (χ1) is 8.21. The average Bonchev–Trinajstić information content (AvgIpc) is 2.69. The number of hydrogen-bond acceptors (Lipinski definition) is 1. The van der Waals surface area contributed by atoms with Gasteiger partial charge in [-0.1, -0.05) is 20.8 Å². The SMILES string of the molecule is CCc1[nH]c2ccc(N)cc2c1C(CC)CC.Cl. The van der Waals surface area contributed by atoms with Crippen molar-refractivity contribution in [3.8, 4) is 0 Å². The third-order valence-corrected chi connectivity index (χ3v) is 3.69. The minimum absolute atomic E-state index is 0. The fourth-order valence-electron chi connectivity index (χ4n) is 2.73. The Bertz CT molecular complexity index is 512. The molecule has 0 saturated heterocycles. The molecule has 1 aromatic heterocycles. The standard InChI is InChI=1S/C15H22N2.ClH/c1-4-10(5-2)15-12-9-11(16)7-8-14(12)17-13(15)6-3;/h7-10,17H,4-6,16H2,1-3H3;1H. The smallest absolute Gasteiger partial charge is 0.0460 e. The number of rotatable bonds is 4. The predicted octanol–water partition coefficient (Wildman–Crippen LogP) is 4.64. The van der Waals surface area contributed by atoms with E-state index >= 15 is 0 Å². The van der Waals surface area contributed by atoms with Crippen molar-refractivity contribution in [3.63, 3.8) is 0 Å². The number of hydrogen-bond donors (Lipinski definition) is 2. The summed E-state index contributed by atoms with van der Waals surface area (Å²) in [6, 6.07) is 6.17. The van der Waals surface area contributed by atoms with Gasteiger partial charge < -0.3 is 10.7 Å². The minimum Gasteiger partial charge on any atom is -0.399 e. The molecule has 0 aliphatic heterocycles. The molecular weight excluding hydrogens is 244 g/mol. The molecule has 1 aromatic carbocycles. The zero-order valence-corrected chi connectivity index (χ0v) is 12.2. The highest BCUT2D eigenvalue weighted by Crippen LogP contribution is 2.34. The van der Waals surface area contributed by atoms with Crippen LogP contribution in [-0.2, 0) is 6.42 Å². The number of anilines is 1. The lowest BCUT2D eigenvalue weighted by atomic mass is 9.90. The molecule has 1 heterocycles. The van der Waals surface area contributed by atoms with Gasteiger partial charge in [-0.25, -0.2) is 0 Å². The van der Waals surface area contributed by atoms with Crippen LogP contribution < -0.4 is 5.73 Å². The fourth-order valence-corrected chi connectivity index (χ4v) is 2.73. The van der Waals surface area contributed by atoms with E-state index in [0.717, 1.165) is 12.1 Å². The quantitative estimate of drug-likeness (QED) is 0.778. The third-order valence-electron chi connectivity index (χ3n) is 3.69. The van der Waals surface area contributed by atoms with E-state index in [-0.39, 0.29) is 12.4 Å². The van der Waals surface area contributed by atoms with Crippen LogP contribution in [0.25, 0.3) is 10.9 Å². The van der Waals surface area contributed by atoms with Gasteiger partial charge in [0.25, 0.3) is 0 Å². The molecule has 0 fully saturated rings. The Morgan fingerprint density at radius 2 is 1.83 bits per heavy atom. The number of benzene rings is 1. The highest BCUT2D eigenvalue weighted by atomic mass is 35.5. The van der Waals surface area contributed by atoms with Crippen molar-refractivity contribution < 1.29 is 0 Å². The first-order valence-corrected chi connectivity index (χ1v) is 6.61. The Morgan fingerprint density at radius 1 is 1.17 bits per heavy atom. The van der Waals surface area contributed by atoms with E-state index in [1.807, 2.05) is 6.07 Å². The number of halogens is 1. The molecule has 0 spiro atoms. The van der Waals surface area contributed by atoms with Crippen LogP contribution in [0.15, 0.2) is 18.2 Å². The second-order valence-corrected chi connectivity index (χ2v) is 4.69. The Hall–Kier alpha value is -1.15. The van der Waals surface area contributed by atoms with Crippen molar-refractivity contribution in [3.05, 3.63) is 29.5 Å². The molecule has 0 aliphatic rings. The summed E-state index contributed by atoms with van der Waals surface area (Å²) in [5.41, 5.74) is 10.8. The van der Waals surface area contributed by atoms with E-state index in [1.165, 1.54) is 35.0 Å². The van der Waals surface area contributed by atoms with E-state index in [9.17, 15) is 0 Å². The summed E-state index contributed by atoms with van der Waals surface area (Å²) >= 11 is 0. The second kappa shape index (κ2) is 6.14. The topological polar surface area (TPSA) is 41.8 Å². The number of aromatic amines is 1. The number of nitrogens with two attached hydrogens (primary N) is 1. The maximum absolute atomic E-state index is 5.91. The van der Waals surface area contributed by atoms with Gasteiger partial charge in [-0.2, -0.15) is 0 Å². The summed E-state index contributed by atoms with van der Waals surface area (Å²) in [4.78, 5) is 3.53. The predicted molar refractivity (Wildman–Crippen MR) is 82.7 cm³/mol. The molecule has 0 radical (unpaired) electrons. The monoisotopic (exact) mass is 266 g/mol. The van der Waals surface area contributed by atoms with E-state index in [4.69, 9.17) is 5.73 Å². The van der Waals surface area contributed by atoms with Gasteiger partial charge in [0.15, 0.2) is 0 Å². The van der Waals surface area contributed by atoms with Crippen LogP contribution in [0.4, 0.5) is 5.69 Å². The minimum atomic E-state index is 0. The molecule has 0 aliphatic carbocycles. The molecule has 0 unspecified atom stereocenters. The summed E-state index contributed by atoms with van der Waals surface area (Å²) in [5.74, 6) is 0.639. The lowest BCUT2D eigenvalue weighted by Gasteiger charge is -2.14. The molecule has 18 heavy (non-hydrogen) atoms. The Morgan fingerprint density at radius 3 is 2.39 bits per heavy atom. The summed E-state index contributed by atoms with van der Waals surface area (Å²) < 4.78 is 0. The van der Waals surface area contributed by atoms with Gasteiger partial charge in [-0.15, -0.1) is 12.4 Å². The van der Waals surface area contributed by atoms with Gasteiger partial charge in [0, 0.05) is 22.3 Å². The average molecular weight is 267 g/mol. The van der Waals surface area contributed by atoms with Crippen LogP contribution in [0.2, 0.25) is 0 Å². The van der Waals surface area contributed by atoms with Gasteiger partial charge in [0.2, 0.25) is 0 Å². The van der Waals surface area contributed by atoms with Gasteiger partial charge in [0.05, 0.1) is 0 Å². The number of aryl methyl sites for hydroxylation is 1. The van der Waals surface area contributed by atoms with Gasteiger partial charge >= 0.3 is 0 Å². The van der Waals surface area contributed by atoms with Gasteiger partial charge in [0.1, 0.15) is 0 Å². The number of aromatic nitrogens is 1. The molecule has 0 amide bonds. The number of H-pyrrole nitrogens is 1. The van der Waals surface area contributed by atoms with Crippen LogP contribution in [0, 0.1) is 0 Å². The zero-order chi connectivity index (χ0) is 12.4. The number of nitrogen functional groups attached to an aromatic ring is 1. The first-order valence-electron chi connectivity index (χ1n) is 6.61. The zero-order valence-electron chi connectivity index (χ0n) is 11.4. The van der Waals surface area contributed by atoms with Crippen molar-refractivity contribution >= 4 is 29.0 Å².